The smallest absolute Gasteiger partial charge is 0.0794 e. The fourth-order valence-electron chi connectivity index (χ4n) is 1.42. The van der Waals surface area contributed by atoms with Crippen LogP contribution >= 0.6 is 23.1 Å². The molecule has 1 aliphatic carbocycles. The molecule has 2 nitrogen and oxygen atoms in total. The van der Waals surface area contributed by atoms with E-state index in [1.165, 1.54) is 29.2 Å². The molecule has 1 fully saturated rings. The maximum atomic E-state index is 4.09. The van der Waals surface area contributed by atoms with E-state index >= 15 is 0 Å². The molecule has 0 aliphatic heterocycles. The molecule has 0 spiro atoms. The largest absolute Gasteiger partial charge is 0.309 e. The first-order chi connectivity index (χ1) is 7.36. The summed E-state index contributed by atoms with van der Waals surface area (Å²) in [6.45, 7) is 3.32. The quantitative estimate of drug-likeness (QED) is 0.744. The predicted octanol–water partition coefficient (Wildman–Crippen LogP) is 2.94. The second kappa shape index (κ2) is 5.87. The number of rotatable bonds is 7. The number of nitrogens with one attached hydrogen (secondary N) is 1. The van der Waals surface area contributed by atoms with Gasteiger partial charge in [0.05, 0.1) is 5.51 Å². The van der Waals surface area contributed by atoms with Crippen molar-refractivity contribution in [1.29, 1.82) is 0 Å². The van der Waals surface area contributed by atoms with Crippen molar-refractivity contribution >= 4 is 23.1 Å². The van der Waals surface area contributed by atoms with E-state index in [0.29, 0.717) is 6.04 Å². The number of hydrogen-bond acceptors (Lipinski definition) is 4. The highest BCUT2D eigenvalue weighted by Crippen LogP contribution is 2.32. The Kier molecular flexibility index (Phi) is 4.47. The first-order valence-corrected chi connectivity index (χ1v) is 7.59. The predicted molar refractivity (Wildman–Crippen MR) is 68.6 cm³/mol. The lowest BCUT2D eigenvalue weighted by molar-refractivity contribution is 0.609. The van der Waals surface area contributed by atoms with Crippen LogP contribution in [0.4, 0.5) is 0 Å². The summed E-state index contributed by atoms with van der Waals surface area (Å²) in [5.74, 6) is 3.66. The molecular weight excluding hydrogens is 224 g/mol. The van der Waals surface area contributed by atoms with Gasteiger partial charge < -0.3 is 5.32 Å². The van der Waals surface area contributed by atoms with E-state index in [9.17, 15) is 0 Å². The molecule has 0 radical (unpaired) electrons. The van der Waals surface area contributed by atoms with Gasteiger partial charge in [-0.25, -0.2) is 0 Å². The van der Waals surface area contributed by atoms with Crippen molar-refractivity contribution in [3.63, 3.8) is 0 Å². The second-order valence-electron chi connectivity index (χ2n) is 4.10. The topological polar surface area (TPSA) is 24.9 Å². The number of hydrogen-bond donors (Lipinski definition) is 1. The lowest BCUT2D eigenvalue weighted by Crippen LogP contribution is -2.20. The van der Waals surface area contributed by atoms with Gasteiger partial charge in [-0.1, -0.05) is 0 Å². The van der Waals surface area contributed by atoms with Gasteiger partial charge in [0, 0.05) is 29.4 Å². The van der Waals surface area contributed by atoms with E-state index in [0.717, 1.165) is 12.5 Å². The maximum Gasteiger partial charge on any atom is 0.0794 e. The third-order valence-electron chi connectivity index (χ3n) is 2.63. The summed E-state index contributed by atoms with van der Waals surface area (Å²) in [6, 6.07) is 0.457. The Bertz CT molecular complexity index is 270. The Morgan fingerprint density at radius 1 is 1.67 bits per heavy atom. The van der Waals surface area contributed by atoms with Crippen LogP contribution in [0.15, 0.2) is 11.7 Å². The average Bonchev–Trinajstić information content (AvgIpc) is 2.90. The lowest BCUT2D eigenvalue weighted by Gasteiger charge is -2.10. The fraction of sp³-hybridized carbons (Fsp3) is 0.727. The molecule has 2 rings (SSSR count). The molecule has 0 saturated heterocycles. The van der Waals surface area contributed by atoms with Crippen molar-refractivity contribution in [2.24, 2.45) is 5.92 Å². The van der Waals surface area contributed by atoms with Gasteiger partial charge in [0.15, 0.2) is 0 Å². The van der Waals surface area contributed by atoms with Crippen LogP contribution in [0.3, 0.4) is 0 Å². The Balaban J connectivity index is 1.53. The van der Waals surface area contributed by atoms with E-state index < -0.39 is 0 Å². The van der Waals surface area contributed by atoms with Gasteiger partial charge >= 0.3 is 0 Å². The molecule has 4 heteroatoms. The van der Waals surface area contributed by atoms with Crippen LogP contribution in [0.5, 0.6) is 0 Å². The van der Waals surface area contributed by atoms with Crippen molar-refractivity contribution in [3.05, 3.63) is 16.6 Å². The summed E-state index contributed by atoms with van der Waals surface area (Å²) >= 11 is 3.82. The first-order valence-electron chi connectivity index (χ1n) is 5.56. The zero-order valence-electron chi connectivity index (χ0n) is 9.11. The van der Waals surface area contributed by atoms with Crippen molar-refractivity contribution in [1.82, 2.24) is 10.3 Å². The van der Waals surface area contributed by atoms with Gasteiger partial charge in [-0.3, -0.25) is 4.98 Å². The molecule has 0 aromatic carbocycles. The minimum atomic E-state index is 0.457. The van der Waals surface area contributed by atoms with Crippen LogP contribution < -0.4 is 5.32 Å². The van der Waals surface area contributed by atoms with Crippen LogP contribution in [0, 0.1) is 5.92 Å². The molecule has 1 aromatic rings. The van der Waals surface area contributed by atoms with E-state index in [4.69, 9.17) is 0 Å². The molecule has 0 bridgehead atoms. The van der Waals surface area contributed by atoms with Crippen LogP contribution in [-0.4, -0.2) is 23.0 Å². The zero-order valence-corrected chi connectivity index (χ0v) is 10.7. The standard InChI is InChI=1S/C11H18N2S2/c1-9(11-6-12-8-15-11)13-4-5-14-7-10-2-3-10/h6,8-10,13H,2-5,7H2,1H3. The number of nitrogens with zero attached hydrogens (tertiary/aromatic N) is 1. The van der Waals surface area contributed by atoms with Crippen molar-refractivity contribution in [2.45, 2.75) is 25.8 Å². The average molecular weight is 242 g/mol. The number of aromatic nitrogens is 1. The maximum absolute atomic E-state index is 4.09. The third kappa shape index (κ3) is 4.13. The Hall–Kier alpha value is -0.0600. The zero-order chi connectivity index (χ0) is 10.5. The van der Waals surface area contributed by atoms with Crippen LogP contribution in [0.1, 0.15) is 30.7 Å². The van der Waals surface area contributed by atoms with E-state index in [2.05, 4.69) is 29.0 Å². The van der Waals surface area contributed by atoms with Crippen molar-refractivity contribution < 1.29 is 0 Å². The van der Waals surface area contributed by atoms with Crippen LogP contribution in [-0.2, 0) is 0 Å². The molecule has 1 aromatic heterocycles. The minimum absolute atomic E-state index is 0.457. The molecular formula is C11H18N2S2. The number of thiazole rings is 1. The summed E-state index contributed by atoms with van der Waals surface area (Å²) in [6.07, 6.45) is 4.90. The Morgan fingerprint density at radius 3 is 3.20 bits per heavy atom. The SMILES string of the molecule is CC(NCCSCC1CC1)c1cncs1. The summed E-state index contributed by atoms with van der Waals surface area (Å²) in [4.78, 5) is 5.43. The molecule has 15 heavy (non-hydrogen) atoms. The normalized spacial score (nSPS) is 17.9. The molecule has 1 N–H and O–H groups in total. The monoisotopic (exact) mass is 242 g/mol. The van der Waals surface area contributed by atoms with Gasteiger partial charge in [0.25, 0.3) is 0 Å². The van der Waals surface area contributed by atoms with Gasteiger partial charge in [-0.2, -0.15) is 11.8 Å². The molecule has 1 unspecified atom stereocenters. The summed E-state index contributed by atoms with van der Waals surface area (Å²) in [5, 5.41) is 3.53. The molecule has 84 valence electrons. The van der Waals surface area contributed by atoms with E-state index in [-0.39, 0.29) is 0 Å². The number of thioether (sulfide) groups is 1. The van der Waals surface area contributed by atoms with Gasteiger partial charge in [-0.15, -0.1) is 11.3 Å². The Morgan fingerprint density at radius 2 is 2.53 bits per heavy atom. The minimum Gasteiger partial charge on any atom is -0.309 e. The summed E-state index contributed by atoms with van der Waals surface area (Å²) in [5.41, 5.74) is 1.90. The summed E-state index contributed by atoms with van der Waals surface area (Å²) in [7, 11) is 0. The molecule has 0 amide bonds. The summed E-state index contributed by atoms with van der Waals surface area (Å²) < 4.78 is 0. The second-order valence-corrected chi connectivity index (χ2v) is 6.17. The molecule has 1 saturated carbocycles. The van der Waals surface area contributed by atoms with Gasteiger partial charge in [0.1, 0.15) is 0 Å². The third-order valence-corrected chi connectivity index (χ3v) is 4.78. The molecule has 1 atom stereocenters. The highest BCUT2D eigenvalue weighted by molar-refractivity contribution is 7.99. The van der Waals surface area contributed by atoms with Gasteiger partial charge in [-0.05, 0) is 31.4 Å². The highest BCUT2D eigenvalue weighted by atomic mass is 32.2. The Labute approximate surface area is 99.9 Å². The van der Waals surface area contributed by atoms with Crippen LogP contribution in [0.25, 0.3) is 0 Å². The molecule has 1 aliphatic rings. The van der Waals surface area contributed by atoms with Crippen LogP contribution in [0.2, 0.25) is 0 Å². The highest BCUT2D eigenvalue weighted by Gasteiger charge is 2.20. The van der Waals surface area contributed by atoms with Gasteiger partial charge in [0.2, 0.25) is 0 Å². The van der Waals surface area contributed by atoms with E-state index in [1.807, 2.05) is 11.7 Å². The first kappa shape index (κ1) is 11.4. The lowest BCUT2D eigenvalue weighted by atomic mass is 10.3. The van der Waals surface area contributed by atoms with Crippen molar-refractivity contribution in [3.8, 4) is 0 Å². The molecule has 1 heterocycles. The fourth-order valence-corrected chi connectivity index (χ4v) is 3.17. The van der Waals surface area contributed by atoms with Crippen molar-refractivity contribution in [2.75, 3.05) is 18.1 Å². The van der Waals surface area contributed by atoms with E-state index in [1.54, 1.807) is 11.3 Å².